The second-order valence-corrected chi connectivity index (χ2v) is 11.9. The van der Waals surface area contributed by atoms with Gasteiger partial charge in [0.05, 0.1) is 15.8 Å². The van der Waals surface area contributed by atoms with Crippen molar-refractivity contribution in [2.45, 2.75) is 64.4 Å². The van der Waals surface area contributed by atoms with Crippen LogP contribution in [0.4, 0.5) is 4.79 Å². The Morgan fingerprint density at radius 3 is 2.65 bits per heavy atom. The summed E-state index contributed by atoms with van der Waals surface area (Å²) in [4.78, 5) is 42.5. The Kier molecular flexibility index (Phi) is 8.43. The molecule has 2 aliphatic heterocycles. The van der Waals surface area contributed by atoms with Gasteiger partial charge in [-0.05, 0) is 45.2 Å². The van der Waals surface area contributed by atoms with Gasteiger partial charge in [-0.2, -0.15) is 5.10 Å². The molecule has 2 fully saturated rings. The van der Waals surface area contributed by atoms with E-state index in [4.69, 9.17) is 26.0 Å². The van der Waals surface area contributed by atoms with E-state index in [2.05, 4.69) is 34.3 Å². The summed E-state index contributed by atoms with van der Waals surface area (Å²) >= 11 is 7.39. The van der Waals surface area contributed by atoms with Crippen molar-refractivity contribution in [2.75, 3.05) is 19.6 Å². The molecule has 1 atom stereocenters. The maximum atomic E-state index is 13.6. The van der Waals surface area contributed by atoms with Crippen LogP contribution in [0.3, 0.4) is 0 Å². The number of ether oxygens (including phenoxy) is 1. The molecule has 2 N–H and O–H groups in total. The minimum Gasteiger partial charge on any atom is -0.450 e. The zero-order chi connectivity index (χ0) is 28.4. The average Bonchev–Trinajstić information content (AvgIpc) is 3.71. The van der Waals surface area contributed by atoms with Gasteiger partial charge >= 0.3 is 6.16 Å². The van der Waals surface area contributed by atoms with E-state index in [1.54, 1.807) is 12.1 Å². The molecule has 3 aromatic rings. The van der Waals surface area contributed by atoms with Crippen LogP contribution in [0.5, 0.6) is 0 Å². The molecule has 0 spiro atoms. The Morgan fingerprint density at radius 2 is 1.98 bits per heavy atom. The minimum atomic E-state index is -1.45. The van der Waals surface area contributed by atoms with Crippen LogP contribution in [0.25, 0.3) is 10.6 Å². The maximum absolute atomic E-state index is 13.6. The summed E-state index contributed by atoms with van der Waals surface area (Å²) in [7, 11) is 0. The third-order valence-corrected chi connectivity index (χ3v) is 8.45. The molecule has 2 saturated heterocycles. The number of nitrogens with one attached hydrogen (secondary N) is 1. The van der Waals surface area contributed by atoms with Gasteiger partial charge in [0, 0.05) is 50.3 Å². The molecule has 5 rings (SSSR count). The highest BCUT2D eigenvalue weighted by molar-refractivity contribution is 7.19. The second kappa shape index (κ2) is 12.0. The van der Waals surface area contributed by atoms with Crippen LogP contribution in [-0.2, 0) is 11.3 Å². The van der Waals surface area contributed by atoms with E-state index in [1.807, 2.05) is 6.07 Å². The van der Waals surface area contributed by atoms with Crippen LogP contribution in [0.2, 0.25) is 4.34 Å². The average molecular weight is 591 g/mol. The highest BCUT2D eigenvalue weighted by atomic mass is 35.5. The zero-order valence-corrected chi connectivity index (χ0v) is 23.8. The van der Waals surface area contributed by atoms with E-state index in [1.165, 1.54) is 27.0 Å². The topological polar surface area (TPSA) is 143 Å². The molecule has 14 heteroatoms. The highest BCUT2D eigenvalue weighted by Crippen LogP contribution is 2.31. The first kappa shape index (κ1) is 28.1. The first-order chi connectivity index (χ1) is 19.2. The maximum Gasteiger partial charge on any atom is 0.507 e. The monoisotopic (exact) mass is 590 g/mol. The molecule has 0 aliphatic carbocycles. The molecule has 0 aromatic carbocycles. The Bertz CT molecular complexity index is 1380. The van der Waals surface area contributed by atoms with E-state index >= 15 is 0 Å². The number of rotatable bonds is 8. The normalized spacial score (nSPS) is 18.4. The largest absolute Gasteiger partial charge is 0.507 e. The molecule has 0 radical (unpaired) electrons. The molecular formula is C26H31ClN6O6S. The molecule has 5 heterocycles. The number of piperidine rings is 1. The number of carbonyl (C=O) groups is 3. The van der Waals surface area contributed by atoms with Gasteiger partial charge in [0.1, 0.15) is 11.4 Å². The molecule has 2 amide bonds. The number of hydrogen-bond acceptors (Lipinski definition) is 9. The van der Waals surface area contributed by atoms with Gasteiger partial charge in [-0.1, -0.05) is 16.8 Å². The van der Waals surface area contributed by atoms with Crippen LogP contribution in [0, 0.1) is 0 Å². The van der Waals surface area contributed by atoms with Crippen molar-refractivity contribution >= 4 is 40.9 Å². The van der Waals surface area contributed by atoms with Crippen molar-refractivity contribution in [1.29, 1.82) is 0 Å². The lowest BCUT2D eigenvalue weighted by Gasteiger charge is -2.34. The number of halogens is 1. The number of nitrogens with zero attached hydrogens (tertiary/aromatic N) is 5. The summed E-state index contributed by atoms with van der Waals surface area (Å²) in [6.45, 7) is 6.48. The molecule has 0 saturated carbocycles. The van der Waals surface area contributed by atoms with Crippen LogP contribution in [0.1, 0.15) is 66.2 Å². The Labute approximate surface area is 239 Å². The van der Waals surface area contributed by atoms with Crippen LogP contribution < -0.4 is 5.32 Å². The lowest BCUT2D eigenvalue weighted by molar-refractivity contribution is -0.00753. The molecular weight excluding hydrogens is 560 g/mol. The fraction of sp³-hybridized carbons (Fsp3) is 0.500. The van der Waals surface area contributed by atoms with Gasteiger partial charge in [0.15, 0.2) is 17.7 Å². The van der Waals surface area contributed by atoms with E-state index in [-0.39, 0.29) is 29.9 Å². The molecule has 12 nitrogen and oxygen atoms in total. The predicted molar refractivity (Wildman–Crippen MR) is 147 cm³/mol. The third kappa shape index (κ3) is 6.31. The Balaban J connectivity index is 1.37. The fourth-order valence-corrected chi connectivity index (χ4v) is 6.09. The van der Waals surface area contributed by atoms with E-state index in [0.717, 1.165) is 30.8 Å². The standard InChI is InChI=1S/C26H31ClN6O6S/c1-15(2)31-10-7-16(8-11-31)28-24(34)18-13-19(25(35)32-9-3-4-23(32)38-26(36)37)33(29-18)14-17-12-20(39-30-17)21-5-6-22(27)40-21/h5-6,12-13,15-16,23H,3-4,7-11,14H2,1-2H3,(H,28,34)(H,36,37). The van der Waals surface area contributed by atoms with Crippen molar-refractivity contribution in [1.82, 2.24) is 30.1 Å². The lowest BCUT2D eigenvalue weighted by atomic mass is 10.0. The molecule has 3 aromatic heterocycles. The summed E-state index contributed by atoms with van der Waals surface area (Å²) in [5.74, 6) is -0.328. The first-order valence-corrected chi connectivity index (χ1v) is 14.4. The SMILES string of the molecule is CC(C)N1CCC(NC(=O)c2cc(C(=O)N3CCCC3OC(=O)O)n(Cc3cc(-c4ccc(Cl)s4)on3)n2)CC1. The highest BCUT2D eigenvalue weighted by Gasteiger charge is 2.35. The van der Waals surface area contributed by atoms with Crippen molar-refractivity contribution in [3.8, 4) is 10.6 Å². The van der Waals surface area contributed by atoms with Crippen LogP contribution in [0.15, 0.2) is 28.8 Å². The quantitative estimate of drug-likeness (QED) is 0.370. The Hall–Kier alpha value is -3.42. The van der Waals surface area contributed by atoms with Crippen molar-refractivity contribution < 1.29 is 28.8 Å². The number of amides is 2. The summed E-state index contributed by atoms with van der Waals surface area (Å²) < 4.78 is 12.4. The fourth-order valence-electron chi connectivity index (χ4n) is 5.10. The summed E-state index contributed by atoms with van der Waals surface area (Å²) in [6, 6.07) is 7.22. The first-order valence-electron chi connectivity index (χ1n) is 13.2. The summed E-state index contributed by atoms with van der Waals surface area (Å²) in [6.07, 6.45) is 0.283. The summed E-state index contributed by atoms with van der Waals surface area (Å²) in [5.41, 5.74) is 0.715. The molecule has 0 bridgehead atoms. The van der Waals surface area contributed by atoms with Gasteiger partial charge in [-0.15, -0.1) is 11.3 Å². The number of carbonyl (C=O) groups excluding carboxylic acids is 2. The van der Waals surface area contributed by atoms with Gasteiger partial charge in [-0.3, -0.25) is 14.3 Å². The van der Waals surface area contributed by atoms with E-state index in [0.29, 0.717) is 41.2 Å². The third-order valence-electron chi connectivity index (χ3n) is 7.21. The van der Waals surface area contributed by atoms with Crippen molar-refractivity contribution in [2.24, 2.45) is 0 Å². The number of aromatic nitrogens is 3. The predicted octanol–water partition coefficient (Wildman–Crippen LogP) is 4.16. The number of thiophene rings is 1. The molecule has 1 unspecified atom stereocenters. The lowest BCUT2D eigenvalue weighted by Crippen LogP contribution is -2.46. The molecule has 214 valence electrons. The molecule has 40 heavy (non-hydrogen) atoms. The zero-order valence-electron chi connectivity index (χ0n) is 22.2. The minimum absolute atomic E-state index is 0.00875. The molecule has 2 aliphatic rings. The van der Waals surface area contributed by atoms with Crippen molar-refractivity contribution in [3.63, 3.8) is 0 Å². The summed E-state index contributed by atoms with van der Waals surface area (Å²) in [5, 5.41) is 20.7. The number of hydrogen-bond donors (Lipinski definition) is 2. The van der Waals surface area contributed by atoms with Gasteiger partial charge in [-0.25, -0.2) is 4.79 Å². The smallest absolute Gasteiger partial charge is 0.450 e. The second-order valence-electron chi connectivity index (χ2n) is 10.2. The van der Waals surface area contributed by atoms with Gasteiger partial charge in [0.2, 0.25) is 0 Å². The number of likely N-dealkylation sites (tertiary alicyclic amines) is 2. The van der Waals surface area contributed by atoms with Gasteiger partial charge in [0.25, 0.3) is 11.8 Å². The van der Waals surface area contributed by atoms with E-state index in [9.17, 15) is 14.4 Å². The van der Waals surface area contributed by atoms with E-state index < -0.39 is 18.3 Å². The van der Waals surface area contributed by atoms with Gasteiger partial charge < -0.3 is 29.5 Å². The number of carboxylic acid groups (broad SMARTS) is 1. The van der Waals surface area contributed by atoms with Crippen LogP contribution in [-0.4, -0.2) is 85.8 Å². The Morgan fingerprint density at radius 1 is 1.20 bits per heavy atom. The van der Waals surface area contributed by atoms with Crippen molar-refractivity contribution in [3.05, 3.63) is 45.7 Å². The van der Waals surface area contributed by atoms with Crippen LogP contribution >= 0.6 is 22.9 Å².